The van der Waals surface area contributed by atoms with Gasteiger partial charge in [-0.25, -0.2) is 8.42 Å². The molecule has 150 valence electrons. The van der Waals surface area contributed by atoms with Crippen LogP contribution in [0.1, 0.15) is 68.2 Å². The van der Waals surface area contributed by atoms with Crippen LogP contribution in [0.15, 0.2) is 0 Å². The third-order valence-corrected chi connectivity index (χ3v) is 8.39. The number of nitrogens with one attached hydrogen (secondary N) is 1. The van der Waals surface area contributed by atoms with Gasteiger partial charge in [0.15, 0.2) is 15.5 Å². The smallest absolute Gasteiger partial charge is 0.272 e. The summed E-state index contributed by atoms with van der Waals surface area (Å²) < 4.78 is 26.1. The molecule has 1 saturated heterocycles. The van der Waals surface area contributed by atoms with Crippen molar-refractivity contribution >= 4 is 15.7 Å². The lowest BCUT2D eigenvalue weighted by Gasteiger charge is -2.29. The van der Waals surface area contributed by atoms with Gasteiger partial charge in [0.05, 0.1) is 29.7 Å². The summed E-state index contributed by atoms with van der Waals surface area (Å²) in [5, 5.41) is 17.3. The summed E-state index contributed by atoms with van der Waals surface area (Å²) in [5.41, 5.74) is 1.60. The Morgan fingerprint density at radius 1 is 1.44 bits per heavy atom. The van der Waals surface area contributed by atoms with Crippen LogP contribution in [-0.2, 0) is 21.8 Å². The van der Waals surface area contributed by atoms with Gasteiger partial charge in [0.2, 0.25) is 0 Å². The molecule has 2 N–H and O–H groups in total. The number of aromatic nitrogens is 2. The van der Waals surface area contributed by atoms with E-state index in [9.17, 15) is 18.3 Å². The largest absolute Gasteiger partial charge is 0.394 e. The molecule has 1 amide bonds. The van der Waals surface area contributed by atoms with Crippen LogP contribution in [0.5, 0.6) is 0 Å². The molecule has 2 heterocycles. The zero-order chi connectivity index (χ0) is 19.8. The van der Waals surface area contributed by atoms with Crippen LogP contribution < -0.4 is 5.32 Å². The SMILES string of the molecule is CC(C)(C)[C@@H](CO)NC(=O)c1nn([C@]2(C)CCS(=O)(=O)C2)c2c1C[C@H]1C[C@@H]21. The zero-order valence-electron chi connectivity index (χ0n) is 16.4. The summed E-state index contributed by atoms with van der Waals surface area (Å²) in [5.74, 6) is 0.946. The number of aliphatic hydroxyl groups is 1. The Kier molecular flexibility index (Phi) is 4.06. The van der Waals surface area contributed by atoms with E-state index in [4.69, 9.17) is 0 Å². The monoisotopic (exact) mass is 395 g/mol. The van der Waals surface area contributed by atoms with Gasteiger partial charge in [-0.05, 0) is 37.5 Å². The van der Waals surface area contributed by atoms with Gasteiger partial charge in [0.25, 0.3) is 5.91 Å². The lowest BCUT2D eigenvalue weighted by molar-refractivity contribution is 0.0840. The predicted molar refractivity (Wildman–Crippen MR) is 101 cm³/mol. The summed E-state index contributed by atoms with van der Waals surface area (Å²) >= 11 is 0. The van der Waals surface area contributed by atoms with Crippen molar-refractivity contribution in [3.63, 3.8) is 0 Å². The first-order chi connectivity index (χ1) is 12.5. The molecule has 0 unspecified atom stereocenters. The fourth-order valence-corrected chi connectivity index (χ4v) is 6.74. The van der Waals surface area contributed by atoms with E-state index in [1.54, 1.807) is 0 Å². The molecule has 4 atom stereocenters. The molecule has 4 rings (SSSR count). The number of carbonyl (C=O) groups excluding carboxylic acids is 1. The standard InChI is InChI=1S/C19H29N3O4S/c1-18(2,3)14(9-23)20-17(24)15-13-8-11-7-12(11)16(13)22(21-15)19(4)5-6-27(25,26)10-19/h11-12,14,23H,5-10H2,1-4H3,(H,20,24)/t11-,12-,14-,19-/m1/s1. The highest BCUT2D eigenvalue weighted by Gasteiger charge is 2.53. The molecule has 2 fully saturated rings. The number of sulfone groups is 1. The lowest BCUT2D eigenvalue weighted by atomic mass is 9.87. The van der Waals surface area contributed by atoms with Gasteiger partial charge < -0.3 is 10.4 Å². The number of hydrogen-bond acceptors (Lipinski definition) is 5. The Bertz CT molecular complexity index is 899. The predicted octanol–water partition coefficient (Wildman–Crippen LogP) is 1.21. The molecule has 7 nitrogen and oxygen atoms in total. The van der Waals surface area contributed by atoms with E-state index in [2.05, 4.69) is 10.4 Å². The fraction of sp³-hybridized carbons (Fsp3) is 0.789. The first kappa shape index (κ1) is 18.9. The first-order valence-electron chi connectivity index (χ1n) is 9.69. The maximum Gasteiger partial charge on any atom is 0.272 e. The van der Waals surface area contributed by atoms with E-state index in [0.717, 1.165) is 24.1 Å². The molecule has 27 heavy (non-hydrogen) atoms. The summed E-state index contributed by atoms with van der Waals surface area (Å²) in [6.07, 6.45) is 2.47. The van der Waals surface area contributed by atoms with E-state index in [-0.39, 0.29) is 35.5 Å². The molecule has 1 aromatic rings. The van der Waals surface area contributed by atoms with Gasteiger partial charge in [0.1, 0.15) is 0 Å². The van der Waals surface area contributed by atoms with Crippen LogP contribution in [0.25, 0.3) is 0 Å². The number of aliphatic hydroxyl groups excluding tert-OH is 1. The molecule has 2 aliphatic carbocycles. The quantitative estimate of drug-likeness (QED) is 0.798. The van der Waals surface area contributed by atoms with E-state index in [0.29, 0.717) is 24.0 Å². The Hall–Kier alpha value is -1.41. The summed E-state index contributed by atoms with van der Waals surface area (Å²) in [6, 6.07) is -0.371. The summed E-state index contributed by atoms with van der Waals surface area (Å²) in [4.78, 5) is 13.0. The number of fused-ring (bicyclic) bond motifs is 3. The maximum absolute atomic E-state index is 13.0. The highest BCUT2D eigenvalue weighted by atomic mass is 32.2. The molecular formula is C19H29N3O4S. The van der Waals surface area contributed by atoms with Crippen LogP contribution in [0, 0.1) is 11.3 Å². The zero-order valence-corrected chi connectivity index (χ0v) is 17.3. The van der Waals surface area contributed by atoms with Crippen molar-refractivity contribution in [1.29, 1.82) is 0 Å². The van der Waals surface area contributed by atoms with Crippen molar-refractivity contribution in [3.05, 3.63) is 17.0 Å². The van der Waals surface area contributed by atoms with Gasteiger partial charge in [-0.3, -0.25) is 9.48 Å². The van der Waals surface area contributed by atoms with Crippen molar-refractivity contribution in [3.8, 4) is 0 Å². The Morgan fingerprint density at radius 2 is 2.15 bits per heavy atom. The van der Waals surface area contributed by atoms with E-state index >= 15 is 0 Å². The summed E-state index contributed by atoms with van der Waals surface area (Å²) in [7, 11) is -3.07. The first-order valence-corrected chi connectivity index (χ1v) is 11.5. The number of rotatable bonds is 4. The molecule has 0 bridgehead atoms. The molecular weight excluding hydrogens is 366 g/mol. The number of amides is 1. The van der Waals surface area contributed by atoms with Crippen LogP contribution in [0.4, 0.5) is 0 Å². The minimum absolute atomic E-state index is 0.0772. The average Bonchev–Trinajstić information content (AvgIpc) is 2.91. The molecule has 0 radical (unpaired) electrons. The molecule has 8 heteroatoms. The van der Waals surface area contributed by atoms with E-state index in [1.165, 1.54) is 0 Å². The minimum Gasteiger partial charge on any atom is -0.394 e. The van der Waals surface area contributed by atoms with Crippen LogP contribution in [-0.4, -0.2) is 53.4 Å². The van der Waals surface area contributed by atoms with Crippen LogP contribution >= 0.6 is 0 Å². The Labute approximate surface area is 160 Å². The maximum atomic E-state index is 13.0. The molecule has 1 saturated carbocycles. The lowest BCUT2D eigenvalue weighted by Crippen LogP contribution is -2.46. The van der Waals surface area contributed by atoms with Gasteiger partial charge >= 0.3 is 0 Å². The number of carbonyl (C=O) groups is 1. The van der Waals surface area contributed by atoms with E-state index in [1.807, 2.05) is 32.4 Å². The Morgan fingerprint density at radius 3 is 2.70 bits per heavy atom. The van der Waals surface area contributed by atoms with Crippen molar-refractivity contribution in [1.82, 2.24) is 15.1 Å². The van der Waals surface area contributed by atoms with Gasteiger partial charge in [-0.2, -0.15) is 5.10 Å². The third-order valence-electron chi connectivity index (χ3n) is 6.51. The molecule has 1 aliphatic heterocycles. The fourth-order valence-electron chi connectivity index (χ4n) is 4.63. The normalized spacial score (nSPS) is 32.0. The average molecular weight is 396 g/mol. The molecule has 0 spiro atoms. The minimum atomic E-state index is -3.07. The number of nitrogens with zero attached hydrogens (tertiary/aromatic N) is 2. The Balaban J connectivity index is 1.70. The number of hydrogen-bond donors (Lipinski definition) is 2. The van der Waals surface area contributed by atoms with Gasteiger partial charge in [-0.1, -0.05) is 20.8 Å². The summed E-state index contributed by atoms with van der Waals surface area (Å²) in [6.45, 7) is 7.71. The van der Waals surface area contributed by atoms with Crippen molar-refractivity contribution in [2.45, 2.75) is 64.5 Å². The third kappa shape index (κ3) is 3.10. The van der Waals surface area contributed by atoms with Crippen molar-refractivity contribution < 1.29 is 18.3 Å². The van der Waals surface area contributed by atoms with Gasteiger partial charge in [0, 0.05) is 17.2 Å². The second kappa shape index (κ2) is 5.80. The van der Waals surface area contributed by atoms with Gasteiger partial charge in [-0.15, -0.1) is 0 Å². The molecule has 1 aromatic heterocycles. The van der Waals surface area contributed by atoms with E-state index < -0.39 is 15.4 Å². The second-order valence-electron chi connectivity index (χ2n) is 9.84. The molecule has 0 aromatic carbocycles. The molecule has 3 aliphatic rings. The van der Waals surface area contributed by atoms with Crippen LogP contribution in [0.2, 0.25) is 0 Å². The highest BCUT2D eigenvalue weighted by Crippen LogP contribution is 2.58. The second-order valence-corrected chi connectivity index (χ2v) is 12.0. The van der Waals surface area contributed by atoms with Crippen molar-refractivity contribution in [2.24, 2.45) is 11.3 Å². The topological polar surface area (TPSA) is 101 Å². The van der Waals surface area contributed by atoms with Crippen molar-refractivity contribution in [2.75, 3.05) is 18.1 Å². The highest BCUT2D eigenvalue weighted by molar-refractivity contribution is 7.91. The van der Waals surface area contributed by atoms with Crippen LogP contribution in [0.3, 0.4) is 0 Å².